The van der Waals surface area contributed by atoms with Crippen LogP contribution in [0.25, 0.3) is 0 Å². The second-order valence-electron chi connectivity index (χ2n) is 6.10. The van der Waals surface area contributed by atoms with E-state index in [4.69, 9.17) is 0 Å². The molecule has 0 aromatic rings. The SMILES string of the molecule is CCC(C)(O)CNC1CCCC(C(C)C)C1. The number of rotatable bonds is 5. The lowest BCUT2D eigenvalue weighted by atomic mass is 9.79. The first-order chi connectivity index (χ1) is 7.44. The molecule has 0 bridgehead atoms. The summed E-state index contributed by atoms with van der Waals surface area (Å²) in [6, 6.07) is 0.624. The highest BCUT2D eigenvalue weighted by atomic mass is 16.3. The van der Waals surface area contributed by atoms with Crippen LogP contribution in [0, 0.1) is 11.8 Å². The predicted molar refractivity (Wildman–Crippen MR) is 69.5 cm³/mol. The van der Waals surface area contributed by atoms with Crippen LogP contribution in [0.5, 0.6) is 0 Å². The minimum atomic E-state index is -0.537. The van der Waals surface area contributed by atoms with Gasteiger partial charge in [0.05, 0.1) is 5.60 Å². The van der Waals surface area contributed by atoms with E-state index in [0.717, 1.165) is 24.8 Å². The summed E-state index contributed by atoms with van der Waals surface area (Å²) in [6.45, 7) is 9.35. The Morgan fingerprint density at radius 2 is 2.06 bits per heavy atom. The lowest BCUT2D eigenvalue weighted by Gasteiger charge is -2.34. The van der Waals surface area contributed by atoms with Gasteiger partial charge in [-0.3, -0.25) is 0 Å². The van der Waals surface area contributed by atoms with Crippen molar-refractivity contribution in [1.29, 1.82) is 0 Å². The molecular formula is C14H29NO. The van der Waals surface area contributed by atoms with Gasteiger partial charge >= 0.3 is 0 Å². The zero-order valence-corrected chi connectivity index (χ0v) is 11.4. The lowest BCUT2D eigenvalue weighted by molar-refractivity contribution is 0.0494. The molecule has 96 valence electrons. The molecule has 1 fully saturated rings. The Bertz CT molecular complexity index is 201. The van der Waals surface area contributed by atoms with Gasteiger partial charge in [0.15, 0.2) is 0 Å². The second-order valence-corrected chi connectivity index (χ2v) is 6.10. The zero-order chi connectivity index (χ0) is 12.2. The average molecular weight is 227 g/mol. The Hall–Kier alpha value is -0.0800. The van der Waals surface area contributed by atoms with Gasteiger partial charge in [-0.2, -0.15) is 0 Å². The van der Waals surface area contributed by atoms with Crippen molar-refractivity contribution >= 4 is 0 Å². The molecule has 2 nitrogen and oxygen atoms in total. The maximum absolute atomic E-state index is 9.97. The van der Waals surface area contributed by atoms with E-state index in [9.17, 15) is 5.11 Å². The number of aliphatic hydroxyl groups is 1. The van der Waals surface area contributed by atoms with Gasteiger partial charge in [0, 0.05) is 12.6 Å². The zero-order valence-electron chi connectivity index (χ0n) is 11.4. The van der Waals surface area contributed by atoms with E-state index in [-0.39, 0.29) is 0 Å². The van der Waals surface area contributed by atoms with Crippen molar-refractivity contribution < 1.29 is 5.11 Å². The molecule has 16 heavy (non-hydrogen) atoms. The monoisotopic (exact) mass is 227 g/mol. The fourth-order valence-corrected chi connectivity index (χ4v) is 2.51. The third-order valence-corrected chi connectivity index (χ3v) is 4.19. The summed E-state index contributed by atoms with van der Waals surface area (Å²) in [7, 11) is 0. The van der Waals surface area contributed by atoms with Gasteiger partial charge in [0.25, 0.3) is 0 Å². The van der Waals surface area contributed by atoms with Crippen LogP contribution in [0.3, 0.4) is 0 Å². The van der Waals surface area contributed by atoms with Crippen LogP contribution >= 0.6 is 0 Å². The topological polar surface area (TPSA) is 32.3 Å². The molecule has 0 amide bonds. The number of hydrogen-bond acceptors (Lipinski definition) is 2. The second kappa shape index (κ2) is 6.02. The summed E-state index contributed by atoms with van der Waals surface area (Å²) in [5.41, 5.74) is -0.537. The van der Waals surface area contributed by atoms with Crippen LogP contribution in [0.4, 0.5) is 0 Å². The van der Waals surface area contributed by atoms with Gasteiger partial charge in [0.2, 0.25) is 0 Å². The highest BCUT2D eigenvalue weighted by molar-refractivity contribution is 4.82. The number of nitrogens with one attached hydrogen (secondary N) is 1. The van der Waals surface area contributed by atoms with Crippen molar-refractivity contribution in [1.82, 2.24) is 5.32 Å². The minimum absolute atomic E-state index is 0.537. The molecule has 1 aliphatic rings. The Kier molecular flexibility index (Phi) is 5.26. The van der Waals surface area contributed by atoms with Gasteiger partial charge in [-0.1, -0.05) is 33.6 Å². The Morgan fingerprint density at radius 1 is 1.38 bits per heavy atom. The molecule has 1 rings (SSSR count). The summed E-state index contributed by atoms with van der Waals surface area (Å²) in [5.74, 6) is 1.68. The molecule has 3 atom stereocenters. The Morgan fingerprint density at radius 3 is 2.62 bits per heavy atom. The largest absolute Gasteiger partial charge is 0.389 e. The molecule has 3 unspecified atom stereocenters. The van der Waals surface area contributed by atoms with Crippen LogP contribution in [-0.2, 0) is 0 Å². The van der Waals surface area contributed by atoms with Crippen LogP contribution < -0.4 is 5.32 Å². The van der Waals surface area contributed by atoms with Crippen molar-refractivity contribution in [2.24, 2.45) is 11.8 Å². The molecule has 2 N–H and O–H groups in total. The molecule has 0 heterocycles. The maximum Gasteiger partial charge on any atom is 0.0741 e. The van der Waals surface area contributed by atoms with Crippen molar-refractivity contribution in [3.63, 3.8) is 0 Å². The molecule has 0 spiro atoms. The minimum Gasteiger partial charge on any atom is -0.389 e. The summed E-state index contributed by atoms with van der Waals surface area (Å²) < 4.78 is 0. The predicted octanol–water partition coefficient (Wildman–Crippen LogP) is 2.95. The molecule has 0 aliphatic heterocycles. The summed E-state index contributed by atoms with van der Waals surface area (Å²) in [6.07, 6.45) is 6.12. The van der Waals surface area contributed by atoms with Gasteiger partial charge in [-0.05, 0) is 38.0 Å². The third-order valence-electron chi connectivity index (χ3n) is 4.19. The molecule has 0 saturated heterocycles. The van der Waals surface area contributed by atoms with Gasteiger partial charge in [0.1, 0.15) is 0 Å². The molecule has 0 aromatic carbocycles. The smallest absolute Gasteiger partial charge is 0.0741 e. The van der Waals surface area contributed by atoms with Crippen LogP contribution in [0.2, 0.25) is 0 Å². The van der Waals surface area contributed by atoms with Crippen LogP contribution in [0.15, 0.2) is 0 Å². The van der Waals surface area contributed by atoms with Crippen molar-refractivity contribution in [2.45, 2.75) is 71.4 Å². The summed E-state index contributed by atoms with van der Waals surface area (Å²) >= 11 is 0. The van der Waals surface area contributed by atoms with E-state index in [1.54, 1.807) is 0 Å². The van der Waals surface area contributed by atoms with Crippen molar-refractivity contribution in [2.75, 3.05) is 6.54 Å². The quantitative estimate of drug-likeness (QED) is 0.757. The highest BCUT2D eigenvalue weighted by Crippen LogP contribution is 2.30. The molecule has 2 heteroatoms. The summed E-state index contributed by atoms with van der Waals surface area (Å²) in [4.78, 5) is 0. The van der Waals surface area contributed by atoms with Gasteiger partial charge in [-0.25, -0.2) is 0 Å². The van der Waals surface area contributed by atoms with Crippen LogP contribution in [-0.4, -0.2) is 23.3 Å². The van der Waals surface area contributed by atoms with E-state index < -0.39 is 5.60 Å². The molecule has 0 radical (unpaired) electrons. The first-order valence-electron chi connectivity index (χ1n) is 6.90. The van der Waals surface area contributed by atoms with E-state index in [2.05, 4.69) is 19.2 Å². The van der Waals surface area contributed by atoms with E-state index in [1.165, 1.54) is 25.7 Å². The molecule has 0 aromatic heterocycles. The van der Waals surface area contributed by atoms with E-state index in [0.29, 0.717) is 6.04 Å². The van der Waals surface area contributed by atoms with Gasteiger partial charge < -0.3 is 10.4 Å². The van der Waals surface area contributed by atoms with E-state index in [1.807, 2.05) is 13.8 Å². The fourth-order valence-electron chi connectivity index (χ4n) is 2.51. The molecule has 1 aliphatic carbocycles. The summed E-state index contributed by atoms with van der Waals surface area (Å²) in [5, 5.41) is 13.5. The highest BCUT2D eigenvalue weighted by Gasteiger charge is 2.25. The van der Waals surface area contributed by atoms with Crippen molar-refractivity contribution in [3.8, 4) is 0 Å². The Labute approximate surface area is 101 Å². The molecular weight excluding hydrogens is 198 g/mol. The Balaban J connectivity index is 2.32. The lowest BCUT2D eigenvalue weighted by Crippen LogP contribution is -2.44. The van der Waals surface area contributed by atoms with Gasteiger partial charge in [-0.15, -0.1) is 0 Å². The first-order valence-corrected chi connectivity index (χ1v) is 6.90. The molecule has 1 saturated carbocycles. The first kappa shape index (κ1) is 14.0. The average Bonchev–Trinajstić information content (AvgIpc) is 2.27. The van der Waals surface area contributed by atoms with Crippen LogP contribution in [0.1, 0.15) is 59.8 Å². The van der Waals surface area contributed by atoms with Crippen molar-refractivity contribution in [3.05, 3.63) is 0 Å². The fraction of sp³-hybridized carbons (Fsp3) is 1.00. The normalized spacial score (nSPS) is 30.4. The van der Waals surface area contributed by atoms with E-state index >= 15 is 0 Å². The number of hydrogen-bond donors (Lipinski definition) is 2. The third kappa shape index (κ3) is 4.42. The standard InChI is InChI=1S/C14H29NO/c1-5-14(4,16)10-15-13-8-6-7-12(9-13)11(2)3/h11-13,15-16H,5-10H2,1-4H3. The maximum atomic E-state index is 9.97.